The molecule has 13 heteroatoms. The topological polar surface area (TPSA) is 134 Å². The van der Waals surface area contributed by atoms with Crippen LogP contribution in [-0.2, 0) is 22.4 Å². The Morgan fingerprint density at radius 2 is 1.84 bits per heavy atom. The summed E-state index contributed by atoms with van der Waals surface area (Å²) in [5.41, 5.74) is -1.31. The molecule has 0 aliphatic rings. The van der Waals surface area contributed by atoms with E-state index in [4.69, 9.17) is 21.1 Å². The summed E-state index contributed by atoms with van der Waals surface area (Å²) in [6, 6.07) is 3.01. The van der Waals surface area contributed by atoms with Crippen LogP contribution >= 0.6 is 34.3 Å². The third-order valence-corrected chi connectivity index (χ3v) is 6.89. The Kier molecular flexibility index (Phi) is 8.89. The van der Waals surface area contributed by atoms with Crippen LogP contribution in [0.15, 0.2) is 17.5 Å². The number of aliphatic hydroxyl groups is 1. The van der Waals surface area contributed by atoms with Crippen molar-refractivity contribution in [3.8, 4) is 5.75 Å². The maximum atomic E-state index is 13.2. The summed E-state index contributed by atoms with van der Waals surface area (Å²) in [4.78, 5) is 36.6. The molecular weight excluding hydrogens is 540 g/mol. The predicted molar refractivity (Wildman–Crippen MR) is 145 cm³/mol. The number of aromatic nitrogens is 2. The van der Waals surface area contributed by atoms with Crippen molar-refractivity contribution in [3.63, 3.8) is 0 Å². The number of aromatic hydroxyl groups is 1. The number of amides is 2. The Morgan fingerprint density at radius 3 is 2.41 bits per heavy atom. The van der Waals surface area contributed by atoms with Crippen LogP contribution in [0.4, 0.5) is 15.4 Å². The van der Waals surface area contributed by atoms with Crippen molar-refractivity contribution in [1.29, 1.82) is 0 Å². The summed E-state index contributed by atoms with van der Waals surface area (Å²) in [6.45, 7) is 10.3. The number of hydrogen-bond acceptors (Lipinski definition) is 10. The van der Waals surface area contributed by atoms with Gasteiger partial charge in [-0.15, -0.1) is 22.7 Å². The monoisotopic (exact) mass is 570 g/mol. The average Bonchev–Trinajstić information content (AvgIpc) is 3.37. The second-order valence-corrected chi connectivity index (χ2v) is 12.7. The molecule has 202 valence electrons. The molecule has 0 radical (unpaired) electrons. The molecule has 0 fully saturated rings. The molecule has 3 N–H and O–H groups in total. The Labute approximate surface area is 228 Å². The van der Waals surface area contributed by atoms with Gasteiger partial charge in [0.2, 0.25) is 5.28 Å². The molecule has 37 heavy (non-hydrogen) atoms. The highest BCUT2D eigenvalue weighted by atomic mass is 35.5. The van der Waals surface area contributed by atoms with E-state index in [1.807, 2.05) is 17.5 Å². The average molecular weight is 571 g/mol. The van der Waals surface area contributed by atoms with Gasteiger partial charge in [0.25, 0.3) is 0 Å². The van der Waals surface area contributed by atoms with E-state index in [1.54, 1.807) is 41.5 Å². The fourth-order valence-corrected chi connectivity index (χ4v) is 5.32. The van der Waals surface area contributed by atoms with Crippen LogP contribution in [0.5, 0.6) is 5.75 Å². The molecule has 0 aliphatic heterocycles. The first kappa shape index (κ1) is 28.9. The minimum atomic E-state index is -0.759. The van der Waals surface area contributed by atoms with Crippen molar-refractivity contribution >= 4 is 62.5 Å². The number of alkyl carbamates (subject to hydrolysis) is 1. The largest absolute Gasteiger partial charge is 0.505 e. The number of hydrogen-bond donors (Lipinski definition) is 3. The fraction of sp³-hybridized carbons (Fsp3) is 0.500. The molecule has 0 bridgehead atoms. The minimum absolute atomic E-state index is 0.0804. The molecule has 0 aromatic carbocycles. The van der Waals surface area contributed by atoms with Gasteiger partial charge in [-0.2, -0.15) is 4.98 Å². The van der Waals surface area contributed by atoms with Gasteiger partial charge < -0.3 is 25.0 Å². The third-order valence-electron chi connectivity index (χ3n) is 4.67. The SMILES string of the molecule is CC(C)(C)OC(=O)N[C@@H](CO)Cc1sc2c(N(Cc3cccs3)C(=O)OC(C)(C)C)nc(Cl)nc2c1O. The maximum Gasteiger partial charge on any atom is 0.416 e. The number of ether oxygens (including phenoxy) is 2. The molecular formula is C24H31ClN4O6S2. The number of carbonyl (C=O) groups excluding carboxylic acids is 2. The summed E-state index contributed by atoms with van der Waals surface area (Å²) < 4.78 is 11.3. The van der Waals surface area contributed by atoms with Crippen LogP contribution in [0.25, 0.3) is 10.2 Å². The molecule has 0 saturated heterocycles. The van der Waals surface area contributed by atoms with Crippen LogP contribution in [0.2, 0.25) is 5.28 Å². The van der Waals surface area contributed by atoms with E-state index >= 15 is 0 Å². The summed E-state index contributed by atoms with van der Waals surface area (Å²) >= 11 is 8.82. The van der Waals surface area contributed by atoms with Crippen molar-refractivity contribution in [2.24, 2.45) is 0 Å². The van der Waals surface area contributed by atoms with E-state index in [2.05, 4.69) is 15.3 Å². The van der Waals surface area contributed by atoms with E-state index in [9.17, 15) is 19.8 Å². The molecule has 1 atom stereocenters. The molecule has 0 aliphatic carbocycles. The zero-order chi connectivity index (χ0) is 27.5. The van der Waals surface area contributed by atoms with Crippen molar-refractivity contribution in [1.82, 2.24) is 15.3 Å². The lowest BCUT2D eigenvalue weighted by atomic mass is 10.1. The normalized spacial score (nSPS) is 12.9. The lowest BCUT2D eigenvalue weighted by Crippen LogP contribution is -2.42. The molecule has 3 heterocycles. The van der Waals surface area contributed by atoms with E-state index in [-0.39, 0.29) is 35.3 Å². The quantitative estimate of drug-likeness (QED) is 0.318. The van der Waals surface area contributed by atoms with Crippen molar-refractivity contribution in [2.75, 3.05) is 11.5 Å². The summed E-state index contributed by atoms with van der Waals surface area (Å²) in [5, 5.41) is 25.2. The smallest absolute Gasteiger partial charge is 0.416 e. The van der Waals surface area contributed by atoms with Crippen LogP contribution in [-0.4, -0.2) is 56.2 Å². The zero-order valence-electron chi connectivity index (χ0n) is 21.5. The van der Waals surface area contributed by atoms with E-state index in [0.717, 1.165) is 16.2 Å². The molecule has 0 saturated carbocycles. The number of nitrogens with one attached hydrogen (secondary N) is 1. The Hall–Kier alpha value is -2.67. The first-order valence-electron chi connectivity index (χ1n) is 11.5. The first-order chi connectivity index (χ1) is 17.2. The second kappa shape index (κ2) is 11.4. The summed E-state index contributed by atoms with van der Waals surface area (Å²) in [6.07, 6.45) is -1.24. The maximum absolute atomic E-state index is 13.2. The van der Waals surface area contributed by atoms with Crippen LogP contribution in [0, 0.1) is 0 Å². The number of nitrogens with zero attached hydrogens (tertiary/aromatic N) is 3. The second-order valence-electron chi connectivity index (χ2n) is 10.2. The first-order valence-corrected chi connectivity index (χ1v) is 13.6. The Bertz CT molecular complexity index is 1250. The van der Waals surface area contributed by atoms with Crippen molar-refractivity contribution in [2.45, 2.75) is 71.8 Å². The van der Waals surface area contributed by atoms with Crippen molar-refractivity contribution in [3.05, 3.63) is 32.6 Å². The number of fused-ring (bicyclic) bond motifs is 1. The third kappa shape index (κ3) is 7.91. The van der Waals surface area contributed by atoms with Gasteiger partial charge in [-0.05, 0) is 64.6 Å². The molecule has 0 unspecified atom stereocenters. The lowest BCUT2D eigenvalue weighted by Gasteiger charge is -2.26. The highest BCUT2D eigenvalue weighted by Gasteiger charge is 2.30. The molecule has 10 nitrogen and oxygen atoms in total. The molecule has 0 spiro atoms. The van der Waals surface area contributed by atoms with Gasteiger partial charge in [-0.3, -0.25) is 4.90 Å². The van der Waals surface area contributed by atoms with E-state index < -0.39 is 36.0 Å². The highest BCUT2D eigenvalue weighted by molar-refractivity contribution is 7.20. The van der Waals surface area contributed by atoms with Gasteiger partial charge in [0.15, 0.2) is 11.6 Å². The van der Waals surface area contributed by atoms with E-state index in [1.165, 1.54) is 16.2 Å². The standard InChI is InChI=1S/C24H31ClN4O6S2/c1-23(2,3)34-21(32)26-13(12-30)10-15-17(31)16-18(37-15)19(28-20(25)27-16)29(11-14-8-7-9-36-14)22(33)35-24(4,5)6/h7-9,13,30-31H,10-12H2,1-6H3,(H,26,32)/t13-/m1/s1. The number of carbonyl (C=O) groups is 2. The van der Waals surface area contributed by atoms with Crippen LogP contribution in [0.3, 0.4) is 0 Å². The summed E-state index contributed by atoms with van der Waals surface area (Å²) in [7, 11) is 0. The van der Waals surface area contributed by atoms with Gasteiger partial charge in [0.05, 0.1) is 24.1 Å². The number of aliphatic hydroxyl groups excluding tert-OH is 1. The lowest BCUT2D eigenvalue weighted by molar-refractivity contribution is 0.0481. The number of thiophene rings is 2. The van der Waals surface area contributed by atoms with Crippen LogP contribution < -0.4 is 10.2 Å². The fourth-order valence-electron chi connectivity index (χ4n) is 3.25. The summed E-state index contributed by atoms with van der Waals surface area (Å²) in [5.74, 6) is 0.0140. The van der Waals surface area contributed by atoms with E-state index in [0.29, 0.717) is 9.58 Å². The number of rotatable bonds is 7. The predicted octanol–water partition coefficient (Wildman–Crippen LogP) is 5.48. The van der Waals surface area contributed by atoms with Gasteiger partial charge in [0, 0.05) is 11.3 Å². The molecule has 3 aromatic rings. The molecule has 2 amide bonds. The Morgan fingerprint density at radius 1 is 1.16 bits per heavy atom. The highest BCUT2D eigenvalue weighted by Crippen LogP contribution is 2.42. The Balaban J connectivity index is 2.00. The van der Waals surface area contributed by atoms with Gasteiger partial charge in [-0.25, -0.2) is 14.6 Å². The molecule has 3 rings (SSSR count). The van der Waals surface area contributed by atoms with Gasteiger partial charge in [-0.1, -0.05) is 6.07 Å². The molecule has 3 aromatic heterocycles. The number of halogens is 1. The van der Waals surface area contributed by atoms with Crippen molar-refractivity contribution < 1.29 is 29.3 Å². The number of anilines is 1. The van der Waals surface area contributed by atoms with Crippen LogP contribution in [0.1, 0.15) is 51.3 Å². The van der Waals surface area contributed by atoms with Gasteiger partial charge in [0.1, 0.15) is 21.4 Å². The zero-order valence-corrected chi connectivity index (χ0v) is 23.9. The minimum Gasteiger partial charge on any atom is -0.505 e. The van der Waals surface area contributed by atoms with Gasteiger partial charge >= 0.3 is 12.2 Å².